The summed E-state index contributed by atoms with van der Waals surface area (Å²) in [7, 11) is 1.79. The van der Waals surface area contributed by atoms with Crippen LogP contribution in [0.2, 0.25) is 0 Å². The van der Waals surface area contributed by atoms with Crippen molar-refractivity contribution in [2.24, 2.45) is 7.05 Å². The van der Waals surface area contributed by atoms with Gasteiger partial charge in [-0.15, -0.1) is 0 Å². The third-order valence-electron chi connectivity index (χ3n) is 5.28. The number of esters is 1. The number of hydrogen-bond donors (Lipinski definition) is 0. The lowest BCUT2D eigenvalue weighted by Crippen LogP contribution is -2.12. The van der Waals surface area contributed by atoms with E-state index in [1.165, 1.54) is 0 Å². The maximum Gasteiger partial charge on any atom is 0.354 e. The average Bonchev–Trinajstić information content (AvgIpc) is 3.11. The lowest BCUT2D eigenvalue weighted by atomic mass is 9.98. The van der Waals surface area contributed by atoms with Crippen molar-refractivity contribution < 1.29 is 14.3 Å². The summed E-state index contributed by atoms with van der Waals surface area (Å²) in [6.45, 7) is 21.5. The van der Waals surface area contributed by atoms with Crippen molar-refractivity contribution in [2.75, 3.05) is 13.2 Å². The van der Waals surface area contributed by atoms with Crippen LogP contribution in [-0.4, -0.2) is 23.8 Å². The van der Waals surface area contributed by atoms with Gasteiger partial charge in [0.2, 0.25) is 5.69 Å². The van der Waals surface area contributed by atoms with E-state index in [0.717, 1.165) is 22.4 Å². The second-order valence-corrected chi connectivity index (χ2v) is 7.07. The smallest absolute Gasteiger partial charge is 0.354 e. The zero-order valence-electron chi connectivity index (χ0n) is 18.7. The van der Waals surface area contributed by atoms with Crippen LogP contribution in [0.5, 0.6) is 5.75 Å². The summed E-state index contributed by atoms with van der Waals surface area (Å²) in [5.41, 5.74) is 5.24. The number of nitrogens with zero attached hydrogens (tertiary/aromatic N) is 3. The Morgan fingerprint density at radius 3 is 2.22 bits per heavy atom. The molecular weight excluding hydrogens is 402 g/mol. The molecule has 0 aliphatic heterocycles. The third kappa shape index (κ3) is 4.08. The Hall–Kier alpha value is -4.03. The fourth-order valence-corrected chi connectivity index (χ4v) is 3.87. The van der Waals surface area contributed by atoms with E-state index in [1.807, 2.05) is 38.1 Å². The predicted octanol–water partition coefficient (Wildman–Crippen LogP) is 6.60. The van der Waals surface area contributed by atoms with Gasteiger partial charge in [0.15, 0.2) is 5.69 Å². The zero-order chi connectivity index (χ0) is 23.3. The highest BCUT2D eigenvalue weighted by atomic mass is 16.5. The minimum atomic E-state index is -0.443. The van der Waals surface area contributed by atoms with Crippen molar-refractivity contribution in [3.05, 3.63) is 76.7 Å². The number of carbonyl (C=O) groups excluding carboxylic acids is 1. The Labute approximate surface area is 188 Å². The molecule has 0 aliphatic carbocycles. The highest BCUT2D eigenvalue weighted by molar-refractivity contribution is 6.01. The van der Waals surface area contributed by atoms with Gasteiger partial charge in [-0.1, -0.05) is 37.3 Å². The molecule has 0 atom stereocenters. The Balaban J connectivity index is 2.16. The molecule has 6 heteroatoms. The number of rotatable bonds is 7. The third-order valence-corrected chi connectivity index (χ3v) is 5.28. The Bertz CT molecular complexity index is 1230. The van der Waals surface area contributed by atoms with Gasteiger partial charge in [-0.25, -0.2) is 14.5 Å². The molecule has 0 amide bonds. The van der Waals surface area contributed by atoms with Gasteiger partial charge in [-0.3, -0.25) is 0 Å². The lowest BCUT2D eigenvalue weighted by molar-refractivity contribution is 0.0516. The molecule has 0 unspecified atom stereocenters. The van der Waals surface area contributed by atoms with Crippen molar-refractivity contribution in [2.45, 2.75) is 27.2 Å². The summed E-state index contributed by atoms with van der Waals surface area (Å²) >= 11 is 0. The molecule has 32 heavy (non-hydrogen) atoms. The summed E-state index contributed by atoms with van der Waals surface area (Å²) in [6.07, 6.45) is 0.625. The second kappa shape index (κ2) is 9.85. The first kappa shape index (κ1) is 22.7. The molecule has 0 saturated heterocycles. The van der Waals surface area contributed by atoms with Crippen LogP contribution in [0.1, 0.15) is 37.0 Å². The van der Waals surface area contributed by atoms with E-state index in [-0.39, 0.29) is 6.61 Å². The molecule has 2 aromatic carbocycles. The van der Waals surface area contributed by atoms with E-state index in [1.54, 1.807) is 36.7 Å². The van der Waals surface area contributed by atoms with Gasteiger partial charge >= 0.3 is 5.97 Å². The number of ether oxygens (including phenoxy) is 2. The first-order valence-corrected chi connectivity index (χ1v) is 10.5. The molecule has 0 aliphatic rings. The van der Waals surface area contributed by atoms with Crippen molar-refractivity contribution in [3.63, 3.8) is 0 Å². The maximum absolute atomic E-state index is 12.7. The molecule has 3 aromatic rings. The van der Waals surface area contributed by atoms with Crippen molar-refractivity contribution in [3.8, 4) is 28.0 Å². The topological polar surface area (TPSA) is 49.2 Å². The number of hydrogen-bond acceptors (Lipinski definition) is 3. The van der Waals surface area contributed by atoms with Crippen LogP contribution in [0, 0.1) is 13.1 Å². The summed E-state index contributed by atoms with van der Waals surface area (Å²) < 4.78 is 12.8. The van der Waals surface area contributed by atoms with Crippen LogP contribution >= 0.6 is 0 Å². The van der Waals surface area contributed by atoms with Crippen LogP contribution in [0.15, 0.2) is 42.5 Å². The molecule has 0 radical (unpaired) electrons. The Kier molecular flexibility index (Phi) is 6.97. The molecule has 0 fully saturated rings. The highest BCUT2D eigenvalue weighted by Crippen LogP contribution is 2.41. The SMILES string of the molecule is [C-]#[N+]c1ccc(OCC)c(-c2ccc(-c3c([N+]#[C-])c(CC)n(C)c3C(=O)OCC)cc2)c1. The number of carbonyl (C=O) groups is 1. The van der Waals surface area contributed by atoms with Crippen LogP contribution < -0.4 is 4.74 Å². The van der Waals surface area contributed by atoms with E-state index >= 15 is 0 Å². The number of benzene rings is 2. The molecule has 6 nitrogen and oxygen atoms in total. The normalized spacial score (nSPS) is 10.3. The quantitative estimate of drug-likeness (QED) is 0.315. The second-order valence-electron chi connectivity index (χ2n) is 7.07. The number of aromatic nitrogens is 1. The van der Waals surface area contributed by atoms with E-state index in [9.17, 15) is 4.79 Å². The molecule has 1 heterocycles. The molecule has 0 spiro atoms. The lowest BCUT2D eigenvalue weighted by Gasteiger charge is -2.12. The van der Waals surface area contributed by atoms with E-state index in [0.29, 0.717) is 41.4 Å². The fourth-order valence-electron chi connectivity index (χ4n) is 3.87. The van der Waals surface area contributed by atoms with Gasteiger partial charge in [0, 0.05) is 23.9 Å². The maximum atomic E-state index is 12.7. The van der Waals surface area contributed by atoms with Gasteiger partial charge in [-0.05, 0) is 43.5 Å². The summed E-state index contributed by atoms with van der Waals surface area (Å²) in [5.74, 6) is 0.261. The van der Waals surface area contributed by atoms with Crippen molar-refractivity contribution in [1.29, 1.82) is 0 Å². The average molecular weight is 428 g/mol. The highest BCUT2D eigenvalue weighted by Gasteiger charge is 2.27. The van der Waals surface area contributed by atoms with Crippen LogP contribution in [0.25, 0.3) is 31.9 Å². The van der Waals surface area contributed by atoms with Gasteiger partial charge in [0.25, 0.3) is 0 Å². The summed E-state index contributed by atoms with van der Waals surface area (Å²) in [4.78, 5) is 20.0. The standard InChI is InChI=1S/C26H25N3O3/c1-7-21-24(28-5)23(25(29(21)6)26(30)32-9-3)18-12-10-17(11-13-18)20-16-19(27-4)14-15-22(20)31-8-2/h10-16H,7-9H2,1-3,6H3. The molecule has 0 N–H and O–H groups in total. The molecule has 0 bridgehead atoms. The van der Waals surface area contributed by atoms with Gasteiger partial charge in [0.1, 0.15) is 11.4 Å². The Morgan fingerprint density at radius 2 is 1.66 bits per heavy atom. The van der Waals surface area contributed by atoms with E-state index in [4.69, 9.17) is 22.6 Å². The molecule has 3 rings (SSSR count). The monoisotopic (exact) mass is 427 g/mol. The first-order chi connectivity index (χ1) is 15.5. The summed E-state index contributed by atoms with van der Waals surface area (Å²) in [6, 6.07) is 13.0. The Morgan fingerprint density at radius 1 is 0.969 bits per heavy atom. The first-order valence-electron chi connectivity index (χ1n) is 10.5. The molecule has 1 aromatic heterocycles. The van der Waals surface area contributed by atoms with Crippen LogP contribution in [-0.2, 0) is 18.2 Å². The van der Waals surface area contributed by atoms with E-state index < -0.39 is 5.97 Å². The fraction of sp³-hybridized carbons (Fsp3) is 0.269. The van der Waals surface area contributed by atoms with Crippen molar-refractivity contribution in [1.82, 2.24) is 4.57 Å². The molecular formula is C26H25N3O3. The van der Waals surface area contributed by atoms with Crippen LogP contribution in [0.3, 0.4) is 0 Å². The molecule has 162 valence electrons. The largest absolute Gasteiger partial charge is 0.493 e. The summed E-state index contributed by atoms with van der Waals surface area (Å²) in [5, 5.41) is 0. The minimum Gasteiger partial charge on any atom is -0.493 e. The van der Waals surface area contributed by atoms with E-state index in [2.05, 4.69) is 9.69 Å². The predicted molar refractivity (Wildman–Crippen MR) is 125 cm³/mol. The van der Waals surface area contributed by atoms with Crippen molar-refractivity contribution >= 4 is 17.3 Å². The zero-order valence-corrected chi connectivity index (χ0v) is 18.7. The molecule has 0 saturated carbocycles. The minimum absolute atomic E-state index is 0.259. The van der Waals surface area contributed by atoms with Gasteiger partial charge < -0.3 is 14.0 Å². The van der Waals surface area contributed by atoms with Gasteiger partial charge in [-0.2, -0.15) is 0 Å². The van der Waals surface area contributed by atoms with Gasteiger partial charge in [0.05, 0.1) is 26.4 Å². The van der Waals surface area contributed by atoms with Crippen LogP contribution in [0.4, 0.5) is 11.4 Å².